The third-order valence-electron chi connectivity index (χ3n) is 6.18. The van der Waals surface area contributed by atoms with E-state index in [4.69, 9.17) is 4.74 Å². The predicted octanol–water partition coefficient (Wildman–Crippen LogP) is 6.91. The van der Waals surface area contributed by atoms with Crippen LogP contribution in [0.1, 0.15) is 97.3 Å². The molecule has 2 fully saturated rings. The lowest BCUT2D eigenvalue weighted by Crippen LogP contribution is -2.21. The van der Waals surface area contributed by atoms with Gasteiger partial charge in [0.05, 0.1) is 12.7 Å². The van der Waals surface area contributed by atoms with Crippen LogP contribution in [0, 0.1) is 17.8 Å². The lowest BCUT2D eigenvalue weighted by Gasteiger charge is -2.28. The molecule has 2 rings (SSSR count). The van der Waals surface area contributed by atoms with E-state index in [1.54, 1.807) is 0 Å². The normalized spacial score (nSPS) is 32.4. The van der Waals surface area contributed by atoms with Crippen LogP contribution in [0.2, 0.25) is 0 Å². The van der Waals surface area contributed by atoms with Crippen LogP contribution in [0.3, 0.4) is 0 Å². The molecule has 134 valence electrons. The van der Waals surface area contributed by atoms with Crippen LogP contribution in [0.4, 0.5) is 0 Å². The number of unbranched alkanes of at least 4 members (excludes halogenated alkanes) is 1. The molecule has 0 radical (unpaired) electrons. The van der Waals surface area contributed by atoms with Gasteiger partial charge in [0.25, 0.3) is 0 Å². The molecular weight excluding hydrogens is 280 g/mol. The highest BCUT2D eigenvalue weighted by molar-refractivity contribution is 4.91. The minimum absolute atomic E-state index is 0.539. The van der Waals surface area contributed by atoms with Crippen molar-refractivity contribution in [2.45, 2.75) is 103 Å². The summed E-state index contributed by atoms with van der Waals surface area (Å²) in [6.45, 7) is 5.47. The molecule has 0 aromatic rings. The molecule has 2 saturated carbocycles. The maximum absolute atomic E-state index is 6.09. The SMILES string of the molecule is CCCC[C@H]1CC[C@H](/C=C/CO[C@H]2CC[C@H](CCC)CC2)CC1. The monoisotopic (exact) mass is 320 g/mol. The number of rotatable bonds is 9. The molecular formula is C22H40O. The van der Waals surface area contributed by atoms with Crippen molar-refractivity contribution in [3.8, 4) is 0 Å². The second-order valence-electron chi connectivity index (χ2n) is 8.12. The van der Waals surface area contributed by atoms with Gasteiger partial charge in [0.1, 0.15) is 0 Å². The molecule has 0 atom stereocenters. The molecule has 2 aliphatic carbocycles. The zero-order valence-corrected chi connectivity index (χ0v) is 15.8. The van der Waals surface area contributed by atoms with Crippen molar-refractivity contribution >= 4 is 0 Å². The van der Waals surface area contributed by atoms with Gasteiger partial charge in [0.2, 0.25) is 0 Å². The van der Waals surface area contributed by atoms with Crippen LogP contribution < -0.4 is 0 Å². The Morgan fingerprint density at radius 2 is 1.43 bits per heavy atom. The van der Waals surface area contributed by atoms with Gasteiger partial charge in [-0.2, -0.15) is 0 Å². The molecule has 1 heteroatoms. The molecule has 0 bridgehead atoms. The maximum atomic E-state index is 6.09. The maximum Gasteiger partial charge on any atom is 0.0651 e. The zero-order chi connectivity index (χ0) is 16.3. The Morgan fingerprint density at radius 3 is 2.09 bits per heavy atom. The van der Waals surface area contributed by atoms with Crippen molar-refractivity contribution in [2.24, 2.45) is 17.8 Å². The van der Waals surface area contributed by atoms with E-state index in [1.165, 1.54) is 83.5 Å². The fourth-order valence-electron chi connectivity index (χ4n) is 4.60. The Morgan fingerprint density at radius 1 is 0.783 bits per heavy atom. The molecule has 0 heterocycles. The van der Waals surface area contributed by atoms with E-state index >= 15 is 0 Å². The highest BCUT2D eigenvalue weighted by Gasteiger charge is 2.21. The summed E-state index contributed by atoms with van der Waals surface area (Å²) in [7, 11) is 0. The van der Waals surface area contributed by atoms with E-state index < -0.39 is 0 Å². The molecule has 2 aliphatic rings. The largest absolute Gasteiger partial charge is 0.374 e. The number of hydrogen-bond acceptors (Lipinski definition) is 1. The van der Waals surface area contributed by atoms with E-state index in [-0.39, 0.29) is 0 Å². The van der Waals surface area contributed by atoms with Gasteiger partial charge in [-0.25, -0.2) is 0 Å². The summed E-state index contributed by atoms with van der Waals surface area (Å²) in [6, 6.07) is 0. The molecule has 0 spiro atoms. The molecule has 1 nitrogen and oxygen atoms in total. The smallest absolute Gasteiger partial charge is 0.0651 e. The van der Waals surface area contributed by atoms with E-state index in [9.17, 15) is 0 Å². The van der Waals surface area contributed by atoms with Gasteiger partial charge in [-0.05, 0) is 69.1 Å². The highest BCUT2D eigenvalue weighted by atomic mass is 16.5. The molecule has 0 unspecified atom stereocenters. The topological polar surface area (TPSA) is 9.23 Å². The van der Waals surface area contributed by atoms with Crippen molar-refractivity contribution in [1.82, 2.24) is 0 Å². The van der Waals surface area contributed by atoms with E-state index in [1.807, 2.05) is 0 Å². The van der Waals surface area contributed by atoms with Crippen LogP contribution in [-0.2, 0) is 4.74 Å². The van der Waals surface area contributed by atoms with E-state index in [2.05, 4.69) is 26.0 Å². The lowest BCUT2D eigenvalue weighted by molar-refractivity contribution is 0.0333. The first-order valence-corrected chi connectivity index (χ1v) is 10.6. The molecule has 23 heavy (non-hydrogen) atoms. The van der Waals surface area contributed by atoms with Gasteiger partial charge >= 0.3 is 0 Å². The van der Waals surface area contributed by atoms with Crippen molar-refractivity contribution < 1.29 is 4.74 Å². The molecule has 0 N–H and O–H groups in total. The van der Waals surface area contributed by atoms with Crippen molar-refractivity contribution in [3.63, 3.8) is 0 Å². The summed E-state index contributed by atoms with van der Waals surface area (Å²) >= 11 is 0. The molecule has 0 saturated heterocycles. The summed E-state index contributed by atoms with van der Waals surface area (Å²) in [5.41, 5.74) is 0. The third-order valence-corrected chi connectivity index (χ3v) is 6.18. The minimum atomic E-state index is 0.539. The summed E-state index contributed by atoms with van der Waals surface area (Å²) in [4.78, 5) is 0. The van der Waals surface area contributed by atoms with Crippen LogP contribution in [0.25, 0.3) is 0 Å². The first kappa shape index (κ1) is 19.0. The Bertz CT molecular complexity index is 306. The quantitative estimate of drug-likeness (QED) is 0.419. The lowest BCUT2D eigenvalue weighted by atomic mass is 9.80. The summed E-state index contributed by atoms with van der Waals surface area (Å²) in [5, 5.41) is 0. The molecule has 0 aromatic heterocycles. The van der Waals surface area contributed by atoms with Gasteiger partial charge in [0.15, 0.2) is 0 Å². The van der Waals surface area contributed by atoms with Gasteiger partial charge in [-0.3, -0.25) is 0 Å². The molecule has 0 amide bonds. The first-order chi connectivity index (χ1) is 11.3. The van der Waals surface area contributed by atoms with E-state index in [0.717, 1.165) is 24.4 Å². The van der Waals surface area contributed by atoms with Crippen molar-refractivity contribution in [2.75, 3.05) is 6.61 Å². The Labute approximate surface area is 145 Å². The summed E-state index contributed by atoms with van der Waals surface area (Å²) < 4.78 is 6.09. The Kier molecular flexibility index (Phi) is 9.34. The Balaban J connectivity index is 1.52. The Hall–Kier alpha value is -0.300. The van der Waals surface area contributed by atoms with Crippen molar-refractivity contribution in [3.05, 3.63) is 12.2 Å². The fourth-order valence-corrected chi connectivity index (χ4v) is 4.60. The number of hydrogen-bond donors (Lipinski definition) is 0. The predicted molar refractivity (Wildman–Crippen MR) is 101 cm³/mol. The van der Waals surface area contributed by atoms with Gasteiger partial charge in [-0.1, -0.05) is 58.1 Å². The van der Waals surface area contributed by atoms with Crippen LogP contribution in [-0.4, -0.2) is 12.7 Å². The second-order valence-corrected chi connectivity index (χ2v) is 8.12. The zero-order valence-electron chi connectivity index (χ0n) is 15.8. The van der Waals surface area contributed by atoms with Crippen LogP contribution in [0.5, 0.6) is 0 Å². The summed E-state index contributed by atoms with van der Waals surface area (Å²) in [6.07, 6.45) is 23.4. The van der Waals surface area contributed by atoms with Gasteiger partial charge in [-0.15, -0.1) is 0 Å². The van der Waals surface area contributed by atoms with Gasteiger partial charge < -0.3 is 4.74 Å². The first-order valence-electron chi connectivity index (χ1n) is 10.6. The minimum Gasteiger partial charge on any atom is -0.374 e. The van der Waals surface area contributed by atoms with Crippen LogP contribution in [0.15, 0.2) is 12.2 Å². The fraction of sp³-hybridized carbons (Fsp3) is 0.909. The molecule has 0 aromatic carbocycles. The third kappa shape index (κ3) is 7.42. The average Bonchev–Trinajstić information content (AvgIpc) is 2.59. The standard InChI is InChI=1S/C22H40O/c1-3-5-8-20-10-12-21(13-11-20)9-6-18-23-22-16-14-19(7-4-2)15-17-22/h6,9,19-22H,3-5,7-8,10-18H2,1-2H3/b9-6+/t19-,20-,21-,22-. The average molecular weight is 321 g/mol. The number of allylic oxidation sites excluding steroid dienone is 1. The molecule has 0 aliphatic heterocycles. The highest BCUT2D eigenvalue weighted by Crippen LogP contribution is 2.32. The second kappa shape index (κ2) is 11.3. The summed E-state index contributed by atoms with van der Waals surface area (Å²) in [5.74, 6) is 2.84. The van der Waals surface area contributed by atoms with Gasteiger partial charge in [0, 0.05) is 0 Å². The van der Waals surface area contributed by atoms with Crippen molar-refractivity contribution in [1.29, 1.82) is 0 Å². The van der Waals surface area contributed by atoms with E-state index in [0.29, 0.717) is 6.10 Å². The number of ether oxygens (including phenoxy) is 1. The van der Waals surface area contributed by atoms with Crippen LogP contribution >= 0.6 is 0 Å².